The molecular formula is C27H32N2O6. The number of methoxy groups -OCH3 is 1. The number of carbonyl (C=O) groups is 3. The molecule has 8 nitrogen and oxygen atoms in total. The van der Waals surface area contributed by atoms with Gasteiger partial charge in [-0.05, 0) is 35.1 Å². The summed E-state index contributed by atoms with van der Waals surface area (Å²) in [7, 11) is 1.52. The number of nitrogens with zero attached hydrogens (tertiary/aromatic N) is 1. The fourth-order valence-electron chi connectivity index (χ4n) is 5.09. The molecule has 1 aliphatic heterocycles. The smallest absolute Gasteiger partial charge is 0.407 e. The molecule has 0 aromatic heterocycles. The summed E-state index contributed by atoms with van der Waals surface area (Å²) in [6, 6.07) is 15.3. The monoisotopic (exact) mass is 480 g/mol. The molecule has 0 radical (unpaired) electrons. The summed E-state index contributed by atoms with van der Waals surface area (Å²) in [5, 5.41) is 12.3. The van der Waals surface area contributed by atoms with E-state index in [0.717, 1.165) is 22.3 Å². The number of amides is 2. The minimum atomic E-state index is -1.02. The highest BCUT2D eigenvalue weighted by Crippen LogP contribution is 2.44. The first-order valence-corrected chi connectivity index (χ1v) is 11.9. The molecule has 1 heterocycles. The summed E-state index contributed by atoms with van der Waals surface area (Å²) < 4.78 is 10.7. The van der Waals surface area contributed by atoms with Gasteiger partial charge in [0.2, 0.25) is 5.91 Å². The van der Waals surface area contributed by atoms with Crippen LogP contribution in [-0.2, 0) is 19.1 Å². The van der Waals surface area contributed by atoms with E-state index in [1.807, 2.05) is 43.3 Å². The van der Waals surface area contributed by atoms with Gasteiger partial charge in [0.05, 0.1) is 5.41 Å². The van der Waals surface area contributed by atoms with Crippen molar-refractivity contribution in [1.29, 1.82) is 0 Å². The van der Waals surface area contributed by atoms with E-state index >= 15 is 0 Å². The number of benzene rings is 2. The highest BCUT2D eigenvalue weighted by molar-refractivity contribution is 5.87. The molecule has 1 unspecified atom stereocenters. The average Bonchev–Trinajstić information content (AvgIpc) is 3.34. The maximum Gasteiger partial charge on any atom is 0.407 e. The van der Waals surface area contributed by atoms with Crippen LogP contribution in [-0.4, -0.2) is 67.4 Å². The lowest BCUT2D eigenvalue weighted by atomic mass is 9.81. The van der Waals surface area contributed by atoms with Gasteiger partial charge < -0.3 is 24.8 Å². The Hall–Kier alpha value is -3.39. The summed E-state index contributed by atoms with van der Waals surface area (Å²) in [6.45, 7) is 4.29. The highest BCUT2D eigenvalue weighted by atomic mass is 16.5. The number of likely N-dealkylation sites (tertiary alicyclic amines) is 1. The van der Waals surface area contributed by atoms with Gasteiger partial charge >= 0.3 is 12.1 Å². The second kappa shape index (κ2) is 10.1. The first-order chi connectivity index (χ1) is 16.8. The predicted octanol–water partition coefficient (Wildman–Crippen LogP) is 3.50. The Kier molecular flexibility index (Phi) is 7.12. The standard InChI is InChI=1S/C27H32N2O6/c1-17-14-29(16-27(17,2)25(31)32)24(30)23(12-13-34-3)28-26(33)35-15-22-20-10-6-4-8-18(20)19-9-5-7-11-21(19)22/h4-11,17,22-23H,12-16H2,1-3H3,(H,28,33)(H,31,32)/t17-,23?,27-/m1/s1. The molecule has 1 aliphatic carbocycles. The number of alkyl carbamates (subject to hydrolysis) is 1. The minimum absolute atomic E-state index is 0.0861. The molecule has 1 saturated heterocycles. The summed E-state index contributed by atoms with van der Waals surface area (Å²) in [5.41, 5.74) is 3.45. The third kappa shape index (κ3) is 4.75. The number of hydrogen-bond acceptors (Lipinski definition) is 5. The van der Waals surface area contributed by atoms with E-state index in [4.69, 9.17) is 9.47 Å². The first-order valence-electron chi connectivity index (χ1n) is 11.9. The van der Waals surface area contributed by atoms with Crippen LogP contribution in [0.25, 0.3) is 11.1 Å². The van der Waals surface area contributed by atoms with Gasteiger partial charge in [-0.2, -0.15) is 0 Å². The zero-order chi connectivity index (χ0) is 25.2. The lowest BCUT2D eigenvalue weighted by molar-refractivity contribution is -0.149. The third-order valence-electron chi connectivity index (χ3n) is 7.45. The maximum atomic E-state index is 13.2. The summed E-state index contributed by atoms with van der Waals surface area (Å²) in [5.74, 6) is -1.55. The minimum Gasteiger partial charge on any atom is -0.481 e. The number of hydrogen-bond donors (Lipinski definition) is 2. The van der Waals surface area contributed by atoms with Crippen molar-refractivity contribution < 1.29 is 29.0 Å². The van der Waals surface area contributed by atoms with E-state index in [2.05, 4.69) is 17.4 Å². The lowest BCUT2D eigenvalue weighted by Crippen LogP contribution is -2.49. The molecule has 2 aliphatic rings. The topological polar surface area (TPSA) is 105 Å². The van der Waals surface area contributed by atoms with Crippen LogP contribution in [0.1, 0.15) is 37.3 Å². The number of fused-ring (bicyclic) bond motifs is 3. The van der Waals surface area contributed by atoms with Gasteiger partial charge in [-0.15, -0.1) is 0 Å². The zero-order valence-corrected chi connectivity index (χ0v) is 20.3. The van der Waals surface area contributed by atoms with Crippen molar-refractivity contribution in [2.75, 3.05) is 33.4 Å². The second-order valence-corrected chi connectivity index (χ2v) is 9.65. The van der Waals surface area contributed by atoms with E-state index in [9.17, 15) is 19.5 Å². The number of carboxylic acid groups (broad SMARTS) is 1. The number of ether oxygens (including phenoxy) is 2. The normalized spacial score (nSPS) is 21.8. The van der Waals surface area contributed by atoms with Crippen LogP contribution < -0.4 is 5.32 Å². The Balaban J connectivity index is 1.43. The van der Waals surface area contributed by atoms with E-state index in [1.54, 1.807) is 6.92 Å². The van der Waals surface area contributed by atoms with Gasteiger partial charge in [-0.3, -0.25) is 9.59 Å². The predicted molar refractivity (Wildman–Crippen MR) is 130 cm³/mol. The fourth-order valence-corrected chi connectivity index (χ4v) is 5.09. The SMILES string of the molecule is COCCC(NC(=O)OCC1c2ccccc2-c2ccccc21)C(=O)N1C[C@@H](C)[C@](C)(C(=O)O)C1. The van der Waals surface area contributed by atoms with Gasteiger partial charge in [0, 0.05) is 39.1 Å². The van der Waals surface area contributed by atoms with Gasteiger partial charge in [-0.1, -0.05) is 55.5 Å². The van der Waals surface area contributed by atoms with Crippen LogP contribution >= 0.6 is 0 Å². The summed E-state index contributed by atoms with van der Waals surface area (Å²) in [4.78, 5) is 39.3. The number of carbonyl (C=O) groups excluding carboxylic acids is 2. The molecule has 186 valence electrons. The van der Waals surface area contributed by atoms with Crippen molar-refractivity contribution in [1.82, 2.24) is 10.2 Å². The maximum absolute atomic E-state index is 13.2. The number of rotatable bonds is 8. The van der Waals surface area contributed by atoms with Crippen LogP contribution in [0.3, 0.4) is 0 Å². The molecule has 1 fully saturated rings. The molecule has 0 spiro atoms. The van der Waals surface area contributed by atoms with E-state index in [1.165, 1.54) is 12.0 Å². The average molecular weight is 481 g/mol. The van der Waals surface area contributed by atoms with Crippen LogP contribution in [0, 0.1) is 11.3 Å². The third-order valence-corrected chi connectivity index (χ3v) is 7.45. The Morgan fingerprint density at radius 1 is 1.11 bits per heavy atom. The molecule has 3 atom stereocenters. The fraction of sp³-hybridized carbons (Fsp3) is 0.444. The van der Waals surface area contributed by atoms with Crippen LogP contribution in [0.4, 0.5) is 4.79 Å². The van der Waals surface area contributed by atoms with Crippen LogP contribution in [0.5, 0.6) is 0 Å². The molecule has 2 amide bonds. The molecule has 0 bridgehead atoms. The van der Waals surface area contributed by atoms with Crippen molar-refractivity contribution in [2.24, 2.45) is 11.3 Å². The number of aliphatic carboxylic acids is 1. The molecule has 2 aromatic carbocycles. The summed E-state index contributed by atoms with van der Waals surface area (Å²) >= 11 is 0. The van der Waals surface area contributed by atoms with Gasteiger partial charge in [-0.25, -0.2) is 4.79 Å². The molecule has 8 heteroatoms. The highest BCUT2D eigenvalue weighted by Gasteiger charge is 2.48. The summed E-state index contributed by atoms with van der Waals surface area (Å²) in [6.07, 6.45) is -0.427. The van der Waals surface area contributed by atoms with E-state index in [0.29, 0.717) is 6.54 Å². The molecule has 2 N–H and O–H groups in total. The Labute approximate surface area is 205 Å². The molecule has 2 aromatic rings. The molecule has 0 saturated carbocycles. The van der Waals surface area contributed by atoms with Gasteiger partial charge in [0.25, 0.3) is 0 Å². The van der Waals surface area contributed by atoms with Gasteiger partial charge in [0.1, 0.15) is 12.6 Å². The van der Waals surface area contributed by atoms with Crippen molar-refractivity contribution in [3.05, 3.63) is 59.7 Å². The Bertz CT molecular complexity index is 1070. The van der Waals surface area contributed by atoms with E-state index < -0.39 is 23.5 Å². The molecule has 4 rings (SSSR count). The number of carboxylic acids is 1. The first kappa shape index (κ1) is 24.7. The second-order valence-electron chi connectivity index (χ2n) is 9.65. The number of nitrogens with one attached hydrogen (secondary N) is 1. The Morgan fingerprint density at radius 2 is 1.71 bits per heavy atom. The Morgan fingerprint density at radius 3 is 2.26 bits per heavy atom. The van der Waals surface area contributed by atoms with Crippen molar-refractivity contribution >= 4 is 18.0 Å². The van der Waals surface area contributed by atoms with Crippen molar-refractivity contribution in [3.63, 3.8) is 0 Å². The van der Waals surface area contributed by atoms with Crippen LogP contribution in [0.15, 0.2) is 48.5 Å². The van der Waals surface area contributed by atoms with Gasteiger partial charge in [0.15, 0.2) is 0 Å². The van der Waals surface area contributed by atoms with Crippen molar-refractivity contribution in [2.45, 2.75) is 32.2 Å². The molecule has 35 heavy (non-hydrogen) atoms. The quantitative estimate of drug-likeness (QED) is 0.599. The van der Waals surface area contributed by atoms with E-state index in [-0.39, 0.29) is 43.9 Å². The lowest BCUT2D eigenvalue weighted by Gasteiger charge is -2.26. The molecular weight excluding hydrogens is 448 g/mol. The zero-order valence-electron chi connectivity index (χ0n) is 20.3. The largest absolute Gasteiger partial charge is 0.481 e. The van der Waals surface area contributed by atoms with Crippen molar-refractivity contribution in [3.8, 4) is 11.1 Å². The van der Waals surface area contributed by atoms with Crippen LogP contribution in [0.2, 0.25) is 0 Å².